The van der Waals surface area contributed by atoms with Crippen LogP contribution in [0.25, 0.3) is 6.08 Å². The van der Waals surface area contributed by atoms with Crippen LogP contribution in [0.4, 0.5) is 0 Å². The van der Waals surface area contributed by atoms with Crippen molar-refractivity contribution in [2.75, 3.05) is 0 Å². The van der Waals surface area contributed by atoms with Crippen LogP contribution >= 0.6 is 11.6 Å². The summed E-state index contributed by atoms with van der Waals surface area (Å²) in [6.07, 6.45) is 1.75. The maximum absolute atomic E-state index is 8.87. The number of hydrogen-bond donors (Lipinski definition) is 1. The third-order valence-electron chi connectivity index (χ3n) is 1.15. The predicted molar refractivity (Wildman–Crippen MR) is 43.0 cm³/mol. The van der Waals surface area contributed by atoms with Crippen LogP contribution in [0.3, 0.4) is 0 Å². The molecule has 0 unspecified atom stereocenters. The molecule has 1 nitrogen and oxygen atoms in total. The molecular formula is C8H7ClO. The van der Waals surface area contributed by atoms with E-state index in [1.807, 2.05) is 0 Å². The lowest BCUT2D eigenvalue weighted by molar-refractivity contribution is 0.475. The molecule has 10 heavy (non-hydrogen) atoms. The number of benzene rings is 1. The lowest BCUT2D eigenvalue weighted by atomic mass is 10.2. The summed E-state index contributed by atoms with van der Waals surface area (Å²) >= 11 is 5.33. The fourth-order valence-electron chi connectivity index (χ4n) is 0.658. The molecule has 0 saturated carbocycles. The van der Waals surface area contributed by atoms with Gasteiger partial charge in [0.05, 0.1) is 0 Å². The Morgan fingerprint density at radius 1 is 1.20 bits per heavy atom. The predicted octanol–water partition coefficient (Wildman–Crippen LogP) is 2.60. The van der Waals surface area contributed by atoms with Crippen molar-refractivity contribution < 1.29 is 5.11 Å². The first-order chi connectivity index (χ1) is 4.83. The molecule has 1 aromatic rings. The maximum atomic E-state index is 8.87. The van der Waals surface area contributed by atoms with E-state index in [-0.39, 0.29) is 5.75 Å². The molecule has 1 rings (SSSR count). The summed E-state index contributed by atoms with van der Waals surface area (Å²) in [7, 11) is 0. The molecule has 1 aromatic carbocycles. The fraction of sp³-hybridized carbons (Fsp3) is 0. The molecule has 1 N–H and O–H groups in total. The van der Waals surface area contributed by atoms with Gasteiger partial charge in [-0.2, -0.15) is 0 Å². The van der Waals surface area contributed by atoms with Crippen LogP contribution in [0.1, 0.15) is 5.56 Å². The van der Waals surface area contributed by atoms with Crippen LogP contribution in [-0.2, 0) is 0 Å². The van der Waals surface area contributed by atoms with Crippen LogP contribution in [0.15, 0.2) is 29.8 Å². The van der Waals surface area contributed by atoms with E-state index in [9.17, 15) is 0 Å². The van der Waals surface area contributed by atoms with Gasteiger partial charge in [-0.1, -0.05) is 23.7 Å². The van der Waals surface area contributed by atoms with E-state index >= 15 is 0 Å². The third-order valence-corrected chi connectivity index (χ3v) is 1.27. The first-order valence-corrected chi connectivity index (χ1v) is 3.32. The number of phenolic OH excluding ortho intramolecular Hbond substituents is 1. The number of rotatable bonds is 1. The zero-order chi connectivity index (χ0) is 7.40. The fourth-order valence-corrected chi connectivity index (χ4v) is 0.804. The Hall–Kier alpha value is -0.950. The zero-order valence-electron chi connectivity index (χ0n) is 5.29. The van der Waals surface area contributed by atoms with Crippen LogP contribution in [0.5, 0.6) is 5.75 Å². The van der Waals surface area contributed by atoms with Crippen LogP contribution in [0, 0.1) is 0 Å². The Balaban J connectivity index is 2.89. The van der Waals surface area contributed by atoms with Gasteiger partial charge in [-0.3, -0.25) is 0 Å². The van der Waals surface area contributed by atoms with Crippen molar-refractivity contribution in [3.63, 3.8) is 0 Å². The zero-order valence-corrected chi connectivity index (χ0v) is 6.05. The largest absolute Gasteiger partial charge is 0.508 e. The van der Waals surface area contributed by atoms with Gasteiger partial charge in [-0.15, -0.1) is 0 Å². The van der Waals surface area contributed by atoms with Gasteiger partial charge in [0.25, 0.3) is 0 Å². The summed E-state index contributed by atoms with van der Waals surface area (Å²) in [6, 6.07) is 6.81. The summed E-state index contributed by atoms with van der Waals surface area (Å²) < 4.78 is 0. The number of hydrogen-bond acceptors (Lipinski definition) is 1. The minimum absolute atomic E-state index is 0.270. The molecule has 2 heteroatoms. The Morgan fingerprint density at radius 2 is 1.80 bits per heavy atom. The van der Waals surface area contributed by atoms with Crippen LogP contribution in [-0.4, -0.2) is 5.11 Å². The summed E-state index contributed by atoms with van der Waals surface area (Å²) in [4.78, 5) is 0. The minimum atomic E-state index is 0.270. The SMILES string of the molecule is Oc1ccc(C=CCl)cc1. The molecule has 0 aliphatic heterocycles. The van der Waals surface area contributed by atoms with Crippen molar-refractivity contribution in [2.24, 2.45) is 0 Å². The van der Waals surface area contributed by atoms with E-state index < -0.39 is 0 Å². The number of aromatic hydroxyl groups is 1. The lowest BCUT2D eigenvalue weighted by Gasteiger charge is -1.91. The third kappa shape index (κ3) is 1.78. The second-order valence-corrected chi connectivity index (χ2v) is 2.14. The highest BCUT2D eigenvalue weighted by Gasteiger charge is 1.85. The Morgan fingerprint density at radius 3 is 2.30 bits per heavy atom. The summed E-state index contributed by atoms with van der Waals surface area (Å²) in [5.41, 5.74) is 2.42. The standard InChI is InChI=1S/C8H7ClO/c9-6-5-7-1-3-8(10)4-2-7/h1-6,10H. The normalized spacial score (nSPS) is 10.5. The molecule has 0 atom stereocenters. The highest BCUT2D eigenvalue weighted by atomic mass is 35.5. The van der Waals surface area contributed by atoms with Crippen molar-refractivity contribution >= 4 is 17.7 Å². The molecule has 52 valence electrons. The van der Waals surface area contributed by atoms with E-state index in [0.29, 0.717) is 0 Å². The van der Waals surface area contributed by atoms with Crippen molar-refractivity contribution in [3.05, 3.63) is 35.4 Å². The van der Waals surface area contributed by atoms with Gasteiger partial charge in [-0.05, 0) is 23.8 Å². The molecule has 0 heterocycles. The summed E-state index contributed by atoms with van der Waals surface area (Å²) in [6.45, 7) is 0. The van der Waals surface area contributed by atoms with Crippen molar-refractivity contribution in [1.29, 1.82) is 0 Å². The second-order valence-electron chi connectivity index (χ2n) is 1.88. The topological polar surface area (TPSA) is 20.2 Å². The van der Waals surface area contributed by atoms with Crippen molar-refractivity contribution in [3.8, 4) is 5.75 Å². The average molecular weight is 155 g/mol. The average Bonchev–Trinajstić information content (AvgIpc) is 1.95. The summed E-state index contributed by atoms with van der Waals surface area (Å²) in [5.74, 6) is 0.270. The van der Waals surface area contributed by atoms with Gasteiger partial charge in [0.1, 0.15) is 5.75 Å². The van der Waals surface area contributed by atoms with Gasteiger partial charge in [0.2, 0.25) is 0 Å². The molecular weight excluding hydrogens is 148 g/mol. The van der Waals surface area contributed by atoms with Crippen LogP contribution in [0.2, 0.25) is 0 Å². The van der Waals surface area contributed by atoms with Gasteiger partial charge in [0, 0.05) is 5.54 Å². The van der Waals surface area contributed by atoms with Crippen LogP contribution < -0.4 is 0 Å². The lowest BCUT2D eigenvalue weighted by Crippen LogP contribution is -1.68. The number of halogens is 1. The number of phenols is 1. The maximum Gasteiger partial charge on any atom is 0.115 e. The van der Waals surface area contributed by atoms with E-state index in [4.69, 9.17) is 16.7 Å². The van der Waals surface area contributed by atoms with Gasteiger partial charge in [0.15, 0.2) is 0 Å². The van der Waals surface area contributed by atoms with E-state index in [1.165, 1.54) is 5.54 Å². The Bertz CT molecular complexity index is 226. The Labute approximate surface area is 64.6 Å². The van der Waals surface area contributed by atoms with Crippen molar-refractivity contribution in [1.82, 2.24) is 0 Å². The van der Waals surface area contributed by atoms with E-state index in [0.717, 1.165) is 5.56 Å². The molecule has 0 spiro atoms. The highest BCUT2D eigenvalue weighted by molar-refractivity contribution is 6.27. The molecule has 0 fully saturated rings. The first-order valence-electron chi connectivity index (χ1n) is 2.89. The second kappa shape index (κ2) is 3.28. The Kier molecular flexibility index (Phi) is 2.35. The molecule has 0 aliphatic rings. The molecule has 0 bridgehead atoms. The minimum Gasteiger partial charge on any atom is -0.508 e. The molecule has 0 amide bonds. The monoisotopic (exact) mass is 154 g/mol. The summed E-state index contributed by atoms with van der Waals surface area (Å²) in [5, 5.41) is 8.87. The smallest absolute Gasteiger partial charge is 0.115 e. The van der Waals surface area contributed by atoms with E-state index in [1.54, 1.807) is 30.3 Å². The van der Waals surface area contributed by atoms with Crippen molar-refractivity contribution in [2.45, 2.75) is 0 Å². The molecule has 0 radical (unpaired) electrons. The van der Waals surface area contributed by atoms with Gasteiger partial charge in [-0.25, -0.2) is 0 Å². The van der Waals surface area contributed by atoms with Gasteiger partial charge >= 0.3 is 0 Å². The van der Waals surface area contributed by atoms with Gasteiger partial charge < -0.3 is 5.11 Å². The molecule has 0 aromatic heterocycles. The molecule has 0 saturated heterocycles. The first kappa shape index (κ1) is 7.16. The quantitative estimate of drug-likeness (QED) is 0.659. The van der Waals surface area contributed by atoms with E-state index in [2.05, 4.69) is 0 Å². The molecule has 0 aliphatic carbocycles. The highest BCUT2D eigenvalue weighted by Crippen LogP contribution is 2.10.